The zero-order valence-electron chi connectivity index (χ0n) is 11.2. The van der Waals surface area contributed by atoms with E-state index < -0.39 is 10.0 Å². The summed E-state index contributed by atoms with van der Waals surface area (Å²) in [5.74, 6) is 0.686. The summed E-state index contributed by atoms with van der Waals surface area (Å²) in [6.07, 6.45) is 0. The topological polar surface area (TPSA) is 77.5 Å². The summed E-state index contributed by atoms with van der Waals surface area (Å²) < 4.78 is 41.5. The van der Waals surface area contributed by atoms with Gasteiger partial charge in [0.2, 0.25) is 0 Å². The SMILES string of the molecule is COc1ccc(OC)c(S(=O)(=O)Nc2csnc2C)c1. The lowest BCUT2D eigenvalue weighted by Crippen LogP contribution is -2.14. The van der Waals surface area contributed by atoms with Crippen LogP contribution in [-0.2, 0) is 10.0 Å². The van der Waals surface area contributed by atoms with E-state index in [-0.39, 0.29) is 10.6 Å². The molecular weight excluding hydrogens is 300 g/mol. The second-order valence-corrected chi connectivity index (χ2v) is 6.22. The van der Waals surface area contributed by atoms with Gasteiger partial charge < -0.3 is 9.47 Å². The molecule has 0 atom stereocenters. The molecule has 1 aromatic carbocycles. The molecule has 0 fully saturated rings. The average molecular weight is 314 g/mol. The molecule has 108 valence electrons. The summed E-state index contributed by atoms with van der Waals surface area (Å²) in [4.78, 5) is 0.0185. The highest BCUT2D eigenvalue weighted by atomic mass is 32.2. The van der Waals surface area contributed by atoms with Crippen molar-refractivity contribution in [1.82, 2.24) is 4.37 Å². The van der Waals surface area contributed by atoms with Gasteiger partial charge in [0.25, 0.3) is 10.0 Å². The highest BCUT2D eigenvalue weighted by molar-refractivity contribution is 7.92. The van der Waals surface area contributed by atoms with Gasteiger partial charge in [-0.3, -0.25) is 4.72 Å². The van der Waals surface area contributed by atoms with E-state index in [0.717, 1.165) is 0 Å². The largest absolute Gasteiger partial charge is 0.497 e. The van der Waals surface area contributed by atoms with E-state index in [1.165, 1.54) is 31.8 Å². The van der Waals surface area contributed by atoms with Crippen molar-refractivity contribution < 1.29 is 17.9 Å². The van der Waals surface area contributed by atoms with Crippen LogP contribution in [0.2, 0.25) is 0 Å². The maximum Gasteiger partial charge on any atom is 0.265 e. The minimum atomic E-state index is -3.77. The number of sulfonamides is 1. The number of aromatic nitrogens is 1. The predicted octanol–water partition coefficient (Wildman–Crippen LogP) is 2.27. The van der Waals surface area contributed by atoms with Crippen molar-refractivity contribution in [3.05, 3.63) is 29.3 Å². The molecule has 0 saturated carbocycles. The maximum absolute atomic E-state index is 12.4. The Bertz CT molecular complexity index is 710. The van der Waals surface area contributed by atoms with Crippen molar-refractivity contribution in [3.8, 4) is 11.5 Å². The first-order chi connectivity index (χ1) is 9.47. The monoisotopic (exact) mass is 314 g/mol. The number of hydrogen-bond acceptors (Lipinski definition) is 6. The number of anilines is 1. The summed E-state index contributed by atoms with van der Waals surface area (Å²) in [6, 6.07) is 4.59. The molecule has 1 heterocycles. The Hall–Kier alpha value is -1.80. The molecule has 0 radical (unpaired) electrons. The van der Waals surface area contributed by atoms with Crippen LogP contribution in [0.15, 0.2) is 28.5 Å². The van der Waals surface area contributed by atoms with Crippen LogP contribution in [0, 0.1) is 6.92 Å². The minimum Gasteiger partial charge on any atom is -0.497 e. The molecular formula is C12H14N2O4S2. The zero-order valence-corrected chi connectivity index (χ0v) is 12.8. The van der Waals surface area contributed by atoms with Crippen LogP contribution in [0.5, 0.6) is 11.5 Å². The van der Waals surface area contributed by atoms with Crippen LogP contribution in [0.3, 0.4) is 0 Å². The van der Waals surface area contributed by atoms with Crippen molar-refractivity contribution in [1.29, 1.82) is 0 Å². The summed E-state index contributed by atoms with van der Waals surface area (Å²) in [5.41, 5.74) is 1.08. The van der Waals surface area contributed by atoms with Gasteiger partial charge in [0.15, 0.2) is 0 Å². The number of hydrogen-bond donors (Lipinski definition) is 1. The highest BCUT2D eigenvalue weighted by Crippen LogP contribution is 2.30. The lowest BCUT2D eigenvalue weighted by molar-refractivity contribution is 0.392. The van der Waals surface area contributed by atoms with Crippen molar-refractivity contribution in [2.24, 2.45) is 0 Å². The van der Waals surface area contributed by atoms with Crippen LogP contribution in [0.25, 0.3) is 0 Å². The van der Waals surface area contributed by atoms with Gasteiger partial charge in [-0.15, -0.1) is 0 Å². The molecule has 0 unspecified atom stereocenters. The Balaban J connectivity index is 2.45. The molecule has 8 heteroatoms. The molecule has 0 spiro atoms. The summed E-state index contributed by atoms with van der Waals surface area (Å²) in [7, 11) is -0.884. The number of ether oxygens (including phenoxy) is 2. The summed E-state index contributed by atoms with van der Waals surface area (Å²) in [5, 5.41) is 1.64. The van der Waals surface area contributed by atoms with Gasteiger partial charge in [0.05, 0.1) is 25.6 Å². The van der Waals surface area contributed by atoms with Crippen molar-refractivity contribution in [2.75, 3.05) is 18.9 Å². The molecule has 0 saturated heterocycles. The summed E-state index contributed by atoms with van der Waals surface area (Å²) >= 11 is 1.19. The number of nitrogens with zero attached hydrogens (tertiary/aromatic N) is 1. The quantitative estimate of drug-likeness (QED) is 0.916. The smallest absolute Gasteiger partial charge is 0.265 e. The second-order valence-electron chi connectivity index (χ2n) is 3.94. The first-order valence-electron chi connectivity index (χ1n) is 5.63. The number of methoxy groups -OCH3 is 2. The van der Waals surface area contributed by atoms with Crippen LogP contribution in [-0.4, -0.2) is 27.0 Å². The third-order valence-corrected chi connectivity index (χ3v) is 4.76. The van der Waals surface area contributed by atoms with E-state index in [2.05, 4.69) is 9.10 Å². The van der Waals surface area contributed by atoms with Gasteiger partial charge in [-0.1, -0.05) is 0 Å². The lowest BCUT2D eigenvalue weighted by Gasteiger charge is -2.12. The molecule has 0 amide bonds. The third-order valence-electron chi connectivity index (χ3n) is 2.65. The Labute approximate surface area is 121 Å². The summed E-state index contributed by atoms with van der Waals surface area (Å²) in [6.45, 7) is 1.73. The van der Waals surface area contributed by atoms with E-state index in [0.29, 0.717) is 17.1 Å². The maximum atomic E-state index is 12.4. The van der Waals surface area contributed by atoms with Crippen molar-refractivity contribution in [3.63, 3.8) is 0 Å². The second kappa shape index (κ2) is 5.68. The Morgan fingerprint density at radius 1 is 1.25 bits per heavy atom. The van der Waals surface area contributed by atoms with Crippen LogP contribution >= 0.6 is 11.5 Å². The molecule has 0 aliphatic carbocycles. The Morgan fingerprint density at radius 3 is 2.55 bits per heavy atom. The first kappa shape index (κ1) is 14.6. The van der Waals surface area contributed by atoms with Gasteiger partial charge >= 0.3 is 0 Å². The fraction of sp³-hybridized carbons (Fsp3) is 0.250. The standard InChI is InChI=1S/C12H14N2O4S2/c1-8-10(7-19-13-8)14-20(15,16)12-6-9(17-2)4-5-11(12)18-3/h4-7,14H,1-3H3. The molecule has 2 aromatic rings. The van der Waals surface area contributed by atoms with Gasteiger partial charge in [0, 0.05) is 11.4 Å². The molecule has 0 aliphatic rings. The van der Waals surface area contributed by atoms with E-state index in [4.69, 9.17) is 9.47 Å². The molecule has 1 N–H and O–H groups in total. The van der Waals surface area contributed by atoms with E-state index in [1.54, 1.807) is 24.4 Å². The third kappa shape index (κ3) is 2.86. The highest BCUT2D eigenvalue weighted by Gasteiger charge is 2.21. The normalized spacial score (nSPS) is 11.2. The fourth-order valence-electron chi connectivity index (χ4n) is 1.58. The van der Waals surface area contributed by atoms with Crippen LogP contribution in [0.4, 0.5) is 5.69 Å². The van der Waals surface area contributed by atoms with Gasteiger partial charge in [-0.25, -0.2) is 8.42 Å². The molecule has 6 nitrogen and oxygen atoms in total. The predicted molar refractivity (Wildman–Crippen MR) is 77.2 cm³/mol. The molecule has 20 heavy (non-hydrogen) atoms. The fourth-order valence-corrected chi connectivity index (χ4v) is 3.60. The first-order valence-corrected chi connectivity index (χ1v) is 7.95. The average Bonchev–Trinajstić information content (AvgIpc) is 2.83. The number of benzene rings is 1. The minimum absolute atomic E-state index is 0.0185. The van der Waals surface area contributed by atoms with Gasteiger partial charge in [0.1, 0.15) is 16.4 Å². The van der Waals surface area contributed by atoms with Gasteiger partial charge in [-0.2, -0.15) is 4.37 Å². The molecule has 1 aromatic heterocycles. The van der Waals surface area contributed by atoms with Crippen molar-refractivity contribution in [2.45, 2.75) is 11.8 Å². The Morgan fingerprint density at radius 2 is 2.00 bits per heavy atom. The van der Waals surface area contributed by atoms with E-state index in [1.807, 2.05) is 0 Å². The van der Waals surface area contributed by atoms with Crippen LogP contribution < -0.4 is 14.2 Å². The lowest BCUT2D eigenvalue weighted by atomic mass is 10.3. The number of rotatable bonds is 5. The molecule has 0 bridgehead atoms. The molecule has 0 aliphatic heterocycles. The molecule has 2 rings (SSSR count). The van der Waals surface area contributed by atoms with Crippen LogP contribution in [0.1, 0.15) is 5.69 Å². The Kier molecular flexibility index (Phi) is 4.15. The van der Waals surface area contributed by atoms with E-state index >= 15 is 0 Å². The van der Waals surface area contributed by atoms with E-state index in [9.17, 15) is 8.42 Å². The van der Waals surface area contributed by atoms with Crippen molar-refractivity contribution >= 4 is 27.2 Å². The number of nitrogens with one attached hydrogen (secondary N) is 1. The van der Waals surface area contributed by atoms with Gasteiger partial charge in [-0.05, 0) is 30.6 Å². The zero-order chi connectivity index (χ0) is 14.8. The number of aryl methyl sites for hydroxylation is 1.